The second-order valence-electron chi connectivity index (χ2n) is 4.32. The summed E-state index contributed by atoms with van der Waals surface area (Å²) in [5, 5.41) is 2.96. The molecule has 1 amide bonds. The van der Waals surface area contributed by atoms with Gasteiger partial charge in [-0.05, 0) is 23.8 Å². The number of anilines is 1. The quantitative estimate of drug-likeness (QED) is 0.796. The number of carbonyl (C=O) groups is 1. The van der Waals surface area contributed by atoms with Crippen LogP contribution in [0.1, 0.15) is 5.56 Å². The molecule has 2 nitrogen and oxygen atoms in total. The van der Waals surface area contributed by atoms with E-state index in [9.17, 15) is 4.79 Å². The topological polar surface area (TPSA) is 29.1 Å². The highest BCUT2D eigenvalue weighted by molar-refractivity contribution is 7.99. The lowest BCUT2D eigenvalue weighted by atomic mass is 10.1. The van der Waals surface area contributed by atoms with Crippen molar-refractivity contribution in [1.82, 2.24) is 0 Å². The summed E-state index contributed by atoms with van der Waals surface area (Å²) in [6.07, 6.45) is 1.95. The Balaban J connectivity index is 1.91. The highest BCUT2D eigenvalue weighted by atomic mass is 32.2. The fraction of sp³-hybridized carbons (Fsp3) is 0.0625. The van der Waals surface area contributed by atoms with Crippen molar-refractivity contribution in [1.29, 1.82) is 0 Å². The summed E-state index contributed by atoms with van der Waals surface area (Å²) in [5.41, 5.74) is 2.75. The molecule has 94 valence electrons. The first-order valence-electron chi connectivity index (χ1n) is 6.12. The van der Waals surface area contributed by atoms with Gasteiger partial charge in [0.15, 0.2) is 0 Å². The molecule has 0 radical (unpaired) electrons. The van der Waals surface area contributed by atoms with E-state index >= 15 is 0 Å². The van der Waals surface area contributed by atoms with E-state index in [1.807, 2.05) is 60.7 Å². The van der Waals surface area contributed by atoms with E-state index in [0.29, 0.717) is 5.75 Å². The zero-order chi connectivity index (χ0) is 13.1. The van der Waals surface area contributed by atoms with Gasteiger partial charge in [-0.15, -0.1) is 11.8 Å². The predicted octanol–water partition coefficient (Wildman–Crippen LogP) is 3.81. The number of rotatable bonds is 1. The first-order valence-corrected chi connectivity index (χ1v) is 7.10. The van der Waals surface area contributed by atoms with Crippen molar-refractivity contribution < 1.29 is 4.79 Å². The molecule has 0 aliphatic carbocycles. The van der Waals surface area contributed by atoms with Gasteiger partial charge in [-0.3, -0.25) is 4.79 Å². The van der Waals surface area contributed by atoms with Gasteiger partial charge in [-0.2, -0.15) is 0 Å². The van der Waals surface area contributed by atoms with E-state index in [4.69, 9.17) is 0 Å². The van der Waals surface area contributed by atoms with Crippen LogP contribution in [0.4, 0.5) is 5.69 Å². The highest BCUT2D eigenvalue weighted by Crippen LogP contribution is 2.32. The van der Waals surface area contributed by atoms with Gasteiger partial charge in [0.1, 0.15) is 0 Å². The van der Waals surface area contributed by atoms with Crippen LogP contribution in [-0.2, 0) is 4.79 Å². The Bertz CT molecular complexity index is 634. The molecule has 0 saturated carbocycles. The van der Waals surface area contributed by atoms with Crippen molar-refractivity contribution in [3.05, 3.63) is 65.7 Å². The second-order valence-corrected chi connectivity index (χ2v) is 5.34. The minimum atomic E-state index is -0.0127. The van der Waals surface area contributed by atoms with Crippen LogP contribution in [0.2, 0.25) is 0 Å². The standard InChI is InChI=1S/C16H13NOS/c18-16-13(10-12-6-2-1-3-7-12)11-19-15-9-5-4-8-14(15)17-16/h1-10H,11H2,(H,17,18)/b13-10+. The minimum absolute atomic E-state index is 0.0127. The Morgan fingerprint density at radius 1 is 1.00 bits per heavy atom. The van der Waals surface area contributed by atoms with Gasteiger partial charge in [0.05, 0.1) is 5.69 Å². The molecule has 1 heterocycles. The lowest BCUT2D eigenvalue weighted by molar-refractivity contribution is -0.112. The fourth-order valence-electron chi connectivity index (χ4n) is 1.98. The number of hydrogen-bond acceptors (Lipinski definition) is 2. The molecule has 0 aromatic heterocycles. The number of amides is 1. The largest absolute Gasteiger partial charge is 0.321 e. The van der Waals surface area contributed by atoms with Crippen LogP contribution in [-0.4, -0.2) is 11.7 Å². The van der Waals surface area contributed by atoms with Crippen LogP contribution < -0.4 is 5.32 Å². The van der Waals surface area contributed by atoms with Crippen LogP contribution in [0, 0.1) is 0 Å². The first kappa shape index (κ1) is 12.1. The molecule has 0 atom stereocenters. The van der Waals surface area contributed by atoms with E-state index in [1.165, 1.54) is 0 Å². The molecule has 2 aromatic rings. The Labute approximate surface area is 116 Å². The predicted molar refractivity (Wildman–Crippen MR) is 80.2 cm³/mol. The Morgan fingerprint density at radius 3 is 2.58 bits per heavy atom. The van der Waals surface area contributed by atoms with E-state index in [0.717, 1.165) is 21.7 Å². The number of thioether (sulfide) groups is 1. The molecular formula is C16H13NOS. The summed E-state index contributed by atoms with van der Waals surface area (Å²) in [6.45, 7) is 0. The molecule has 0 bridgehead atoms. The van der Waals surface area contributed by atoms with E-state index in [2.05, 4.69) is 5.32 Å². The maximum absolute atomic E-state index is 12.2. The number of benzene rings is 2. The zero-order valence-corrected chi connectivity index (χ0v) is 11.1. The number of carbonyl (C=O) groups excluding carboxylic acids is 1. The molecule has 1 N–H and O–H groups in total. The Kier molecular flexibility index (Phi) is 3.38. The molecule has 2 aromatic carbocycles. The maximum Gasteiger partial charge on any atom is 0.252 e. The van der Waals surface area contributed by atoms with Crippen LogP contribution in [0.25, 0.3) is 6.08 Å². The SMILES string of the molecule is O=C1Nc2ccccc2SC/C1=C\c1ccccc1. The third kappa shape index (κ3) is 2.71. The molecule has 0 unspecified atom stereocenters. The van der Waals surface area contributed by atoms with Crippen molar-refractivity contribution in [3.63, 3.8) is 0 Å². The zero-order valence-electron chi connectivity index (χ0n) is 10.3. The number of fused-ring (bicyclic) bond motifs is 1. The molecule has 3 rings (SSSR count). The molecule has 0 saturated heterocycles. The third-order valence-electron chi connectivity index (χ3n) is 2.95. The second kappa shape index (κ2) is 5.33. The molecule has 3 heteroatoms. The van der Waals surface area contributed by atoms with Gasteiger partial charge in [-0.1, -0.05) is 42.5 Å². The van der Waals surface area contributed by atoms with Crippen LogP contribution in [0.15, 0.2) is 65.1 Å². The molecule has 1 aliphatic rings. The van der Waals surface area contributed by atoms with E-state index in [1.54, 1.807) is 11.8 Å². The van der Waals surface area contributed by atoms with Crippen molar-refractivity contribution in [3.8, 4) is 0 Å². The maximum atomic E-state index is 12.2. The van der Waals surface area contributed by atoms with Crippen molar-refractivity contribution >= 4 is 29.4 Å². The average Bonchev–Trinajstić information content (AvgIpc) is 2.60. The van der Waals surface area contributed by atoms with Gasteiger partial charge in [-0.25, -0.2) is 0 Å². The van der Waals surface area contributed by atoms with Crippen molar-refractivity contribution in [2.75, 3.05) is 11.1 Å². The van der Waals surface area contributed by atoms with Gasteiger partial charge in [0.2, 0.25) is 0 Å². The normalized spacial score (nSPS) is 16.6. The van der Waals surface area contributed by atoms with E-state index < -0.39 is 0 Å². The molecule has 1 aliphatic heterocycles. The molecule has 0 spiro atoms. The van der Waals surface area contributed by atoms with Gasteiger partial charge >= 0.3 is 0 Å². The Hall–Kier alpha value is -2.00. The first-order chi connectivity index (χ1) is 9.33. The molecule has 19 heavy (non-hydrogen) atoms. The molecule has 0 fully saturated rings. The summed E-state index contributed by atoms with van der Waals surface area (Å²) >= 11 is 1.69. The monoisotopic (exact) mass is 267 g/mol. The lowest BCUT2D eigenvalue weighted by Crippen LogP contribution is -2.13. The van der Waals surface area contributed by atoms with Gasteiger partial charge < -0.3 is 5.32 Å². The summed E-state index contributed by atoms with van der Waals surface area (Å²) < 4.78 is 0. The van der Waals surface area contributed by atoms with E-state index in [-0.39, 0.29) is 5.91 Å². The van der Waals surface area contributed by atoms with Crippen LogP contribution in [0.5, 0.6) is 0 Å². The smallest absolute Gasteiger partial charge is 0.252 e. The Morgan fingerprint density at radius 2 is 1.74 bits per heavy atom. The summed E-state index contributed by atoms with van der Waals surface area (Å²) in [5.74, 6) is 0.680. The average molecular weight is 267 g/mol. The fourth-order valence-corrected chi connectivity index (χ4v) is 2.95. The molecular weight excluding hydrogens is 254 g/mol. The van der Waals surface area contributed by atoms with Crippen molar-refractivity contribution in [2.24, 2.45) is 0 Å². The highest BCUT2D eigenvalue weighted by Gasteiger charge is 2.17. The van der Waals surface area contributed by atoms with Crippen molar-refractivity contribution in [2.45, 2.75) is 4.90 Å². The van der Waals surface area contributed by atoms with Gasteiger partial charge in [0, 0.05) is 16.2 Å². The number of para-hydroxylation sites is 1. The minimum Gasteiger partial charge on any atom is -0.321 e. The number of nitrogens with one attached hydrogen (secondary N) is 1. The summed E-state index contributed by atoms with van der Waals surface area (Å²) in [7, 11) is 0. The van der Waals surface area contributed by atoms with Crippen LogP contribution >= 0.6 is 11.8 Å². The third-order valence-corrected chi connectivity index (χ3v) is 4.07. The summed E-state index contributed by atoms with van der Waals surface area (Å²) in [4.78, 5) is 13.3. The summed E-state index contributed by atoms with van der Waals surface area (Å²) in [6, 6.07) is 17.8. The van der Waals surface area contributed by atoms with Crippen LogP contribution in [0.3, 0.4) is 0 Å². The van der Waals surface area contributed by atoms with Gasteiger partial charge in [0.25, 0.3) is 5.91 Å². The number of hydrogen-bond donors (Lipinski definition) is 1. The lowest BCUT2D eigenvalue weighted by Gasteiger charge is -2.04.